The van der Waals surface area contributed by atoms with Gasteiger partial charge >= 0.3 is 11.9 Å². The van der Waals surface area contributed by atoms with Gasteiger partial charge in [-0.3, -0.25) is 23.7 Å². The number of carboxylic acid groups (broad SMARTS) is 2. The fourth-order valence-corrected chi connectivity index (χ4v) is 4.04. The number of carbonyl (C=O) groups excluding carboxylic acids is 2. The van der Waals surface area contributed by atoms with Gasteiger partial charge in [0.25, 0.3) is 0 Å². The predicted molar refractivity (Wildman–Crippen MR) is 88.5 cm³/mol. The van der Waals surface area contributed by atoms with Crippen molar-refractivity contribution >= 4 is 31.1 Å². The molecule has 0 bridgehead atoms. The molecule has 0 saturated heterocycles. The van der Waals surface area contributed by atoms with Gasteiger partial charge in [0, 0.05) is 32.2 Å². The molecule has 0 spiro atoms. The second-order valence-corrected chi connectivity index (χ2v) is 8.16. The third-order valence-electron chi connectivity index (χ3n) is 3.37. The first-order valence-electron chi connectivity index (χ1n) is 7.78. The molecule has 0 aromatic heterocycles. The Labute approximate surface area is 145 Å². The van der Waals surface area contributed by atoms with Crippen LogP contribution in [0, 0.1) is 5.92 Å². The van der Waals surface area contributed by atoms with Crippen LogP contribution < -0.4 is 10.6 Å². The molecule has 2 unspecified atom stereocenters. The van der Waals surface area contributed by atoms with Crippen LogP contribution in [-0.2, 0) is 23.7 Å². The van der Waals surface area contributed by atoms with Crippen molar-refractivity contribution in [3.63, 3.8) is 0 Å². The van der Waals surface area contributed by atoms with Crippen molar-refractivity contribution in [3.8, 4) is 0 Å². The summed E-state index contributed by atoms with van der Waals surface area (Å²) >= 11 is 0. The number of hydrogen-bond acceptors (Lipinski definition) is 5. The zero-order chi connectivity index (χ0) is 19.6. The van der Waals surface area contributed by atoms with E-state index in [0.717, 1.165) is 0 Å². The molecule has 0 radical (unpaired) electrons. The third-order valence-corrected chi connectivity index (χ3v) is 5.34. The first-order valence-corrected chi connectivity index (χ1v) is 9.81. The monoisotopic (exact) mass is 380 g/mol. The number of likely N-dealkylation sites (N-methyl/N-ethyl adjacent to an activating group) is 1. The van der Waals surface area contributed by atoms with Gasteiger partial charge in [0.15, 0.2) is 0 Å². The molecule has 144 valence electrons. The van der Waals surface area contributed by atoms with Crippen molar-refractivity contribution in [1.82, 2.24) is 10.6 Å². The Morgan fingerprint density at radius 2 is 1.72 bits per heavy atom. The maximum atomic E-state index is 12.2. The number of carbonyl (C=O) groups is 4. The van der Waals surface area contributed by atoms with Gasteiger partial charge < -0.3 is 25.7 Å². The second-order valence-electron chi connectivity index (χ2n) is 5.66. The van der Waals surface area contributed by atoms with Gasteiger partial charge in [-0.25, -0.2) is 0 Å². The van der Waals surface area contributed by atoms with Crippen molar-refractivity contribution in [2.75, 3.05) is 18.9 Å². The average Bonchev–Trinajstić information content (AvgIpc) is 2.47. The van der Waals surface area contributed by atoms with Crippen LogP contribution in [-0.4, -0.2) is 63.8 Å². The summed E-state index contributed by atoms with van der Waals surface area (Å²) in [7, 11) is -3.92. The normalized spacial score (nSPS) is 15.5. The fraction of sp³-hybridized carbons (Fsp3) is 0.714. The number of carboxylic acids is 2. The van der Waals surface area contributed by atoms with Crippen molar-refractivity contribution in [2.24, 2.45) is 5.92 Å². The van der Waals surface area contributed by atoms with Gasteiger partial charge in [-0.1, -0.05) is 0 Å². The minimum Gasteiger partial charge on any atom is -0.481 e. The number of amides is 2. The van der Waals surface area contributed by atoms with Gasteiger partial charge in [-0.05, 0) is 19.8 Å². The topological polar surface area (TPSA) is 170 Å². The summed E-state index contributed by atoms with van der Waals surface area (Å²) < 4.78 is 12.2. The molecule has 0 aliphatic carbocycles. The lowest BCUT2D eigenvalue weighted by molar-refractivity contribution is -0.142. The highest BCUT2D eigenvalue weighted by Crippen LogP contribution is 2.44. The Morgan fingerprint density at radius 1 is 1.12 bits per heavy atom. The van der Waals surface area contributed by atoms with Crippen molar-refractivity contribution in [2.45, 2.75) is 39.2 Å². The smallest absolute Gasteiger partial charge is 0.307 e. The van der Waals surface area contributed by atoms with Gasteiger partial charge in [0.05, 0.1) is 5.92 Å². The Morgan fingerprint density at radius 3 is 2.16 bits per heavy atom. The first-order chi connectivity index (χ1) is 11.5. The van der Waals surface area contributed by atoms with Crippen LogP contribution in [0.5, 0.6) is 0 Å². The molecule has 0 aliphatic rings. The van der Waals surface area contributed by atoms with Crippen LogP contribution in [0.4, 0.5) is 0 Å². The predicted octanol–water partition coefficient (Wildman–Crippen LogP) is -0.147. The van der Waals surface area contributed by atoms with E-state index >= 15 is 0 Å². The summed E-state index contributed by atoms with van der Waals surface area (Å²) in [4.78, 5) is 54.6. The van der Waals surface area contributed by atoms with E-state index in [1.807, 2.05) is 0 Å². The summed E-state index contributed by atoms with van der Waals surface area (Å²) in [6.07, 6.45) is -1.78. The van der Waals surface area contributed by atoms with E-state index in [-0.39, 0.29) is 19.0 Å². The molecule has 0 aromatic rings. The molecular weight excluding hydrogens is 355 g/mol. The van der Waals surface area contributed by atoms with Crippen LogP contribution in [0.2, 0.25) is 0 Å². The van der Waals surface area contributed by atoms with Crippen LogP contribution in [0.25, 0.3) is 0 Å². The van der Waals surface area contributed by atoms with E-state index in [4.69, 9.17) is 10.2 Å². The quantitative estimate of drug-likeness (QED) is 0.291. The maximum absolute atomic E-state index is 12.2. The van der Waals surface area contributed by atoms with E-state index in [1.165, 1.54) is 6.92 Å². The third kappa shape index (κ3) is 10.5. The van der Waals surface area contributed by atoms with E-state index in [9.17, 15) is 28.6 Å². The van der Waals surface area contributed by atoms with Crippen LogP contribution in [0.15, 0.2) is 0 Å². The Bertz CT molecular complexity index is 551. The van der Waals surface area contributed by atoms with Gasteiger partial charge in [0.1, 0.15) is 6.04 Å². The second kappa shape index (κ2) is 10.8. The van der Waals surface area contributed by atoms with Gasteiger partial charge in [-0.15, -0.1) is 0 Å². The van der Waals surface area contributed by atoms with Crippen LogP contribution in [0.3, 0.4) is 0 Å². The molecule has 5 N–H and O–H groups in total. The average molecular weight is 380 g/mol. The number of rotatable bonds is 12. The lowest BCUT2D eigenvalue weighted by Gasteiger charge is -2.20. The van der Waals surface area contributed by atoms with Crippen molar-refractivity contribution in [1.29, 1.82) is 0 Å². The molecule has 0 fully saturated rings. The van der Waals surface area contributed by atoms with E-state index in [0.29, 0.717) is 6.54 Å². The van der Waals surface area contributed by atoms with Crippen molar-refractivity contribution in [3.05, 3.63) is 0 Å². The first kappa shape index (κ1) is 23.1. The van der Waals surface area contributed by atoms with Crippen LogP contribution in [0.1, 0.15) is 33.1 Å². The molecular formula is C14H25N2O8P. The molecule has 0 aliphatic heterocycles. The molecule has 3 atom stereocenters. The highest BCUT2D eigenvalue weighted by Gasteiger charge is 2.31. The molecule has 25 heavy (non-hydrogen) atoms. The van der Waals surface area contributed by atoms with E-state index in [1.54, 1.807) is 6.92 Å². The lowest BCUT2D eigenvalue weighted by atomic mass is 10.1. The number of aliphatic carboxylic acids is 2. The Hall–Kier alpha value is -1.93. The summed E-state index contributed by atoms with van der Waals surface area (Å²) in [5, 5.41) is 22.5. The highest BCUT2D eigenvalue weighted by molar-refractivity contribution is 7.58. The molecule has 0 saturated carbocycles. The maximum Gasteiger partial charge on any atom is 0.307 e. The highest BCUT2D eigenvalue weighted by atomic mass is 31.2. The molecule has 10 nitrogen and oxygen atoms in total. The molecule has 0 aromatic carbocycles. The lowest BCUT2D eigenvalue weighted by Crippen LogP contribution is -2.46. The number of nitrogens with one attached hydrogen (secondary N) is 2. The number of hydrogen-bond donors (Lipinski definition) is 5. The van der Waals surface area contributed by atoms with Gasteiger partial charge in [0.2, 0.25) is 19.2 Å². The van der Waals surface area contributed by atoms with Crippen LogP contribution >= 0.6 is 7.37 Å². The van der Waals surface area contributed by atoms with Crippen molar-refractivity contribution < 1.29 is 38.8 Å². The Kier molecular flexibility index (Phi) is 10.00. The largest absolute Gasteiger partial charge is 0.481 e. The molecule has 0 heterocycles. The van der Waals surface area contributed by atoms with E-state index < -0.39 is 55.7 Å². The van der Waals surface area contributed by atoms with E-state index in [2.05, 4.69) is 10.6 Å². The fourth-order valence-electron chi connectivity index (χ4n) is 2.17. The summed E-state index contributed by atoms with van der Waals surface area (Å²) in [5.41, 5.74) is 0. The summed E-state index contributed by atoms with van der Waals surface area (Å²) in [6.45, 7) is 3.21. The summed E-state index contributed by atoms with van der Waals surface area (Å²) in [6, 6.07) is -1.000. The zero-order valence-corrected chi connectivity index (χ0v) is 15.1. The standard InChI is InChI=1S/C14H25N2O8P/c1-3-15-13(20)11(16-9(2)17)6-7-25(23,24)8-10(14(21)22)4-5-12(18)19/h10-11H,3-8H2,1-2H3,(H,15,20)(H,16,17)(H,18,19)(H,21,22)(H,23,24)/t10?,11-/m0/s1. The van der Waals surface area contributed by atoms with Gasteiger partial charge in [-0.2, -0.15) is 0 Å². The minimum absolute atomic E-state index is 0.134. The Balaban J connectivity index is 4.85. The summed E-state index contributed by atoms with van der Waals surface area (Å²) in [5.74, 6) is -4.79. The molecule has 11 heteroatoms. The minimum atomic E-state index is -3.92. The molecule has 0 rings (SSSR count). The SMILES string of the molecule is CCNC(=O)[C@H](CCP(=O)(O)CC(CCC(=O)O)C(=O)O)NC(C)=O. The molecule has 2 amide bonds. The zero-order valence-electron chi connectivity index (χ0n) is 14.2.